The first-order valence-corrected chi connectivity index (χ1v) is 9.67. The third-order valence-corrected chi connectivity index (χ3v) is 5.05. The molecule has 0 unspecified atom stereocenters. The summed E-state index contributed by atoms with van der Waals surface area (Å²) in [6.45, 7) is 7.15. The van der Waals surface area contributed by atoms with E-state index in [1.807, 2.05) is 19.1 Å². The van der Waals surface area contributed by atoms with Crippen molar-refractivity contribution in [3.05, 3.63) is 54.1 Å². The lowest BCUT2D eigenvalue weighted by Crippen LogP contribution is -2.40. The van der Waals surface area contributed by atoms with Gasteiger partial charge in [0.2, 0.25) is 10.0 Å². The quantitative estimate of drug-likeness (QED) is 0.811. The number of carbonyl (C=O) groups is 1. The summed E-state index contributed by atoms with van der Waals surface area (Å²) in [5.41, 5.74) is 1.04. The highest BCUT2D eigenvalue weighted by Gasteiger charge is 2.21. The van der Waals surface area contributed by atoms with Gasteiger partial charge < -0.3 is 10.1 Å². The second-order valence-corrected chi connectivity index (χ2v) is 8.71. The van der Waals surface area contributed by atoms with Crippen molar-refractivity contribution in [1.29, 1.82) is 0 Å². The molecule has 0 spiro atoms. The Morgan fingerprint density at radius 2 is 1.58 bits per heavy atom. The van der Waals surface area contributed by atoms with Crippen molar-refractivity contribution >= 4 is 21.6 Å². The normalized spacial score (nSPS) is 11.8. The fourth-order valence-corrected chi connectivity index (χ4v) is 3.58. The number of nitrogens with one attached hydrogen (secondary N) is 2. The third-order valence-electron chi connectivity index (χ3n) is 3.28. The minimum absolute atomic E-state index is 0.130. The van der Waals surface area contributed by atoms with E-state index in [4.69, 9.17) is 4.74 Å². The minimum Gasteiger partial charge on any atom is -0.484 e. The molecule has 0 fully saturated rings. The van der Waals surface area contributed by atoms with Crippen LogP contribution in [-0.4, -0.2) is 26.5 Å². The minimum atomic E-state index is -3.60. The number of amides is 1. The summed E-state index contributed by atoms with van der Waals surface area (Å²) in [4.78, 5) is 12.1. The van der Waals surface area contributed by atoms with Gasteiger partial charge in [0.1, 0.15) is 5.75 Å². The summed E-state index contributed by atoms with van der Waals surface area (Å²) in [7, 11) is -3.60. The van der Waals surface area contributed by atoms with E-state index in [9.17, 15) is 13.2 Å². The van der Waals surface area contributed by atoms with Crippen molar-refractivity contribution in [1.82, 2.24) is 4.72 Å². The second kappa shape index (κ2) is 7.88. The Morgan fingerprint density at radius 3 is 2.12 bits per heavy atom. The van der Waals surface area contributed by atoms with E-state index in [1.54, 1.807) is 45.0 Å². The molecule has 0 radical (unpaired) electrons. The first-order valence-electron chi connectivity index (χ1n) is 8.18. The summed E-state index contributed by atoms with van der Waals surface area (Å²) in [6.07, 6.45) is 0. The largest absolute Gasteiger partial charge is 0.484 e. The third kappa shape index (κ3) is 6.16. The fourth-order valence-electron chi connectivity index (χ4n) is 2.16. The Balaban J connectivity index is 1.94. The first-order chi connectivity index (χ1) is 12.0. The van der Waals surface area contributed by atoms with Crippen LogP contribution in [0.1, 0.15) is 26.3 Å². The molecule has 0 saturated carbocycles. The Kier molecular flexibility index (Phi) is 6.05. The van der Waals surface area contributed by atoms with Crippen molar-refractivity contribution in [2.75, 3.05) is 11.9 Å². The molecular weight excluding hydrogens is 352 g/mol. The molecule has 26 heavy (non-hydrogen) atoms. The molecule has 2 aromatic rings. The van der Waals surface area contributed by atoms with Crippen LogP contribution in [0.15, 0.2) is 53.4 Å². The molecule has 2 aromatic carbocycles. The number of carbonyl (C=O) groups excluding carboxylic acids is 1. The van der Waals surface area contributed by atoms with Crippen LogP contribution in [-0.2, 0) is 14.8 Å². The highest BCUT2D eigenvalue weighted by molar-refractivity contribution is 7.89. The number of aryl methyl sites for hydroxylation is 1. The van der Waals surface area contributed by atoms with Gasteiger partial charge in [-0.1, -0.05) is 17.7 Å². The predicted molar refractivity (Wildman–Crippen MR) is 102 cm³/mol. The van der Waals surface area contributed by atoms with Crippen molar-refractivity contribution in [3.8, 4) is 5.75 Å². The van der Waals surface area contributed by atoms with Gasteiger partial charge in [-0.25, -0.2) is 13.1 Å². The van der Waals surface area contributed by atoms with Gasteiger partial charge in [-0.05, 0) is 64.1 Å². The molecule has 0 saturated heterocycles. The molecular formula is C19H24N2O4S. The summed E-state index contributed by atoms with van der Waals surface area (Å²) in [5, 5.41) is 2.67. The van der Waals surface area contributed by atoms with Crippen LogP contribution in [0.25, 0.3) is 0 Å². The lowest BCUT2D eigenvalue weighted by molar-refractivity contribution is -0.118. The van der Waals surface area contributed by atoms with E-state index in [1.165, 1.54) is 12.1 Å². The number of sulfonamides is 1. The SMILES string of the molecule is Cc1ccc(OCC(=O)Nc2ccc(S(=O)(=O)NC(C)(C)C)cc2)cc1. The summed E-state index contributed by atoms with van der Waals surface area (Å²) >= 11 is 0. The number of benzene rings is 2. The van der Waals surface area contributed by atoms with E-state index in [-0.39, 0.29) is 17.4 Å². The molecule has 1 amide bonds. The summed E-state index contributed by atoms with van der Waals surface area (Å²) in [5.74, 6) is 0.287. The monoisotopic (exact) mass is 376 g/mol. The molecule has 0 aliphatic heterocycles. The number of hydrogen-bond donors (Lipinski definition) is 2. The van der Waals surface area contributed by atoms with Gasteiger partial charge in [0.25, 0.3) is 5.91 Å². The maximum Gasteiger partial charge on any atom is 0.262 e. The smallest absolute Gasteiger partial charge is 0.262 e. The Labute approximate surface area is 154 Å². The molecule has 7 heteroatoms. The second-order valence-electron chi connectivity index (χ2n) is 7.03. The molecule has 0 aromatic heterocycles. The fraction of sp³-hybridized carbons (Fsp3) is 0.316. The van der Waals surface area contributed by atoms with Crippen LogP contribution < -0.4 is 14.8 Å². The van der Waals surface area contributed by atoms with Gasteiger partial charge in [0, 0.05) is 11.2 Å². The summed E-state index contributed by atoms with van der Waals surface area (Å²) in [6, 6.07) is 13.4. The molecule has 0 aliphatic carbocycles. The van der Waals surface area contributed by atoms with Crippen LogP contribution in [0.3, 0.4) is 0 Å². The number of rotatable bonds is 6. The Bertz CT molecular complexity index is 852. The lowest BCUT2D eigenvalue weighted by atomic mass is 10.1. The predicted octanol–water partition coefficient (Wildman–Crippen LogP) is 3.09. The van der Waals surface area contributed by atoms with E-state index in [0.29, 0.717) is 11.4 Å². The molecule has 0 atom stereocenters. The summed E-state index contributed by atoms with van der Waals surface area (Å²) < 4.78 is 32.5. The zero-order valence-electron chi connectivity index (χ0n) is 15.4. The van der Waals surface area contributed by atoms with Gasteiger partial charge in [-0.3, -0.25) is 4.79 Å². The van der Waals surface area contributed by atoms with Gasteiger partial charge in [0.15, 0.2) is 6.61 Å². The molecule has 140 valence electrons. The lowest BCUT2D eigenvalue weighted by Gasteiger charge is -2.20. The van der Waals surface area contributed by atoms with Crippen molar-refractivity contribution in [2.45, 2.75) is 38.1 Å². The van der Waals surface area contributed by atoms with Crippen LogP contribution in [0.2, 0.25) is 0 Å². The van der Waals surface area contributed by atoms with E-state index >= 15 is 0 Å². The van der Waals surface area contributed by atoms with Crippen LogP contribution in [0, 0.1) is 6.92 Å². The molecule has 0 aliphatic rings. The first kappa shape index (κ1) is 19.9. The van der Waals surface area contributed by atoms with Crippen LogP contribution in [0.5, 0.6) is 5.75 Å². The standard InChI is InChI=1S/C19H24N2O4S/c1-14-5-9-16(10-6-14)25-13-18(22)20-15-7-11-17(12-8-15)26(23,24)21-19(2,3)4/h5-12,21H,13H2,1-4H3,(H,20,22). The maximum atomic E-state index is 12.2. The number of hydrogen-bond acceptors (Lipinski definition) is 4. The Hall–Kier alpha value is -2.38. The molecule has 0 heterocycles. The molecule has 2 N–H and O–H groups in total. The highest BCUT2D eigenvalue weighted by Crippen LogP contribution is 2.16. The van der Waals surface area contributed by atoms with Crippen molar-refractivity contribution < 1.29 is 17.9 Å². The average molecular weight is 376 g/mol. The number of ether oxygens (including phenoxy) is 1. The topological polar surface area (TPSA) is 84.5 Å². The van der Waals surface area contributed by atoms with Crippen molar-refractivity contribution in [2.24, 2.45) is 0 Å². The van der Waals surface area contributed by atoms with Gasteiger partial charge in [-0.2, -0.15) is 0 Å². The zero-order valence-corrected chi connectivity index (χ0v) is 16.2. The maximum absolute atomic E-state index is 12.2. The van der Waals surface area contributed by atoms with Crippen molar-refractivity contribution in [3.63, 3.8) is 0 Å². The van der Waals surface area contributed by atoms with E-state index in [2.05, 4.69) is 10.0 Å². The van der Waals surface area contributed by atoms with Crippen LogP contribution in [0.4, 0.5) is 5.69 Å². The zero-order chi connectivity index (χ0) is 19.4. The molecule has 2 rings (SSSR count). The van der Waals surface area contributed by atoms with Gasteiger partial charge >= 0.3 is 0 Å². The molecule has 6 nitrogen and oxygen atoms in total. The Morgan fingerprint density at radius 1 is 1.00 bits per heavy atom. The average Bonchev–Trinajstić information content (AvgIpc) is 2.52. The van der Waals surface area contributed by atoms with Gasteiger partial charge in [0.05, 0.1) is 4.90 Å². The number of anilines is 1. The van der Waals surface area contributed by atoms with Gasteiger partial charge in [-0.15, -0.1) is 0 Å². The van der Waals surface area contributed by atoms with Crippen LogP contribution >= 0.6 is 0 Å². The van der Waals surface area contributed by atoms with E-state index in [0.717, 1.165) is 5.56 Å². The highest BCUT2D eigenvalue weighted by atomic mass is 32.2. The van der Waals surface area contributed by atoms with E-state index < -0.39 is 15.6 Å². The molecule has 0 bridgehead atoms.